The van der Waals surface area contributed by atoms with Crippen LogP contribution < -0.4 is 0 Å². The van der Waals surface area contributed by atoms with Gasteiger partial charge < -0.3 is 4.74 Å². The van der Waals surface area contributed by atoms with Gasteiger partial charge in [0, 0.05) is 16.5 Å². The third-order valence-electron chi connectivity index (χ3n) is 6.14. The number of carbonyl (C=O) groups excluding carboxylic acids is 1. The van der Waals surface area contributed by atoms with Crippen molar-refractivity contribution in [3.63, 3.8) is 0 Å². The van der Waals surface area contributed by atoms with Crippen LogP contribution in [0.2, 0.25) is 5.02 Å². The van der Waals surface area contributed by atoms with Crippen LogP contribution in [0.15, 0.2) is 54.1 Å². The molecule has 2 aromatic carbocycles. The molecule has 1 unspecified atom stereocenters. The van der Waals surface area contributed by atoms with E-state index >= 15 is 0 Å². The Kier molecular flexibility index (Phi) is 3.33. The van der Waals surface area contributed by atoms with Crippen LogP contribution in [0.5, 0.6) is 0 Å². The molecule has 0 aromatic heterocycles. The van der Waals surface area contributed by atoms with Crippen LogP contribution >= 0.6 is 11.6 Å². The van der Waals surface area contributed by atoms with Gasteiger partial charge in [-0.2, -0.15) is 0 Å². The van der Waals surface area contributed by atoms with Crippen molar-refractivity contribution in [2.45, 2.75) is 38.0 Å². The summed E-state index contributed by atoms with van der Waals surface area (Å²) in [5.74, 6) is 0.856. The third-order valence-corrected chi connectivity index (χ3v) is 6.39. The summed E-state index contributed by atoms with van der Waals surface area (Å²) in [7, 11) is 0. The van der Waals surface area contributed by atoms with Gasteiger partial charge >= 0.3 is 5.97 Å². The molecule has 1 saturated carbocycles. The quantitative estimate of drug-likeness (QED) is 0.634. The zero-order chi connectivity index (χ0) is 17.0. The second-order valence-corrected chi connectivity index (χ2v) is 7.86. The molecule has 126 valence electrons. The highest BCUT2D eigenvalue weighted by Crippen LogP contribution is 2.59. The van der Waals surface area contributed by atoms with Crippen molar-refractivity contribution in [3.05, 3.63) is 75.8 Å². The molecule has 3 aliphatic rings. The highest BCUT2D eigenvalue weighted by atomic mass is 35.5. The molecule has 1 aliphatic heterocycles. The first-order chi connectivity index (χ1) is 12.2. The predicted octanol–water partition coefficient (Wildman–Crippen LogP) is 5.51. The van der Waals surface area contributed by atoms with E-state index in [-0.39, 0.29) is 11.9 Å². The molecule has 0 amide bonds. The molecule has 0 radical (unpaired) electrons. The maximum Gasteiger partial charge on any atom is 0.318 e. The monoisotopic (exact) mass is 350 g/mol. The first kappa shape index (κ1) is 15.2. The van der Waals surface area contributed by atoms with Gasteiger partial charge in [-0.1, -0.05) is 60.8 Å². The van der Waals surface area contributed by atoms with Crippen LogP contribution in [0.25, 0.3) is 5.76 Å². The largest absolute Gasteiger partial charge is 0.425 e. The summed E-state index contributed by atoms with van der Waals surface area (Å²) < 4.78 is 5.96. The fourth-order valence-electron chi connectivity index (χ4n) is 5.03. The second kappa shape index (κ2) is 5.47. The van der Waals surface area contributed by atoms with E-state index in [1.165, 1.54) is 16.7 Å². The van der Waals surface area contributed by atoms with Crippen LogP contribution in [0.1, 0.15) is 48.3 Å². The number of rotatable bonds is 1. The Balaban J connectivity index is 1.71. The molecule has 1 fully saturated rings. The van der Waals surface area contributed by atoms with Gasteiger partial charge in [0.25, 0.3) is 0 Å². The summed E-state index contributed by atoms with van der Waals surface area (Å²) >= 11 is 6.11. The summed E-state index contributed by atoms with van der Waals surface area (Å²) in [6.45, 7) is 0. The van der Waals surface area contributed by atoms with Gasteiger partial charge in [0.1, 0.15) is 5.76 Å². The molecule has 1 atom stereocenters. The Morgan fingerprint density at radius 2 is 1.72 bits per heavy atom. The standard InChI is InChI=1S/C22H19ClO2/c23-16-9-7-14(8-10-16)19-18-13-15-5-1-2-6-17(15)20(18)25-21(24)22(19)11-3-4-12-22/h1-2,5-10,19H,3-4,11-13H2. The lowest BCUT2D eigenvalue weighted by atomic mass is 9.65. The number of hydrogen-bond donors (Lipinski definition) is 0. The molecule has 2 aliphatic carbocycles. The molecular formula is C22H19ClO2. The normalized spacial score (nSPS) is 23.6. The van der Waals surface area contributed by atoms with Gasteiger partial charge in [-0.25, -0.2) is 0 Å². The number of benzene rings is 2. The van der Waals surface area contributed by atoms with Gasteiger partial charge in [-0.3, -0.25) is 4.79 Å². The molecule has 25 heavy (non-hydrogen) atoms. The maximum atomic E-state index is 13.1. The molecule has 0 N–H and O–H groups in total. The second-order valence-electron chi connectivity index (χ2n) is 7.43. The van der Waals surface area contributed by atoms with Crippen molar-refractivity contribution in [3.8, 4) is 0 Å². The number of halogens is 1. The fourth-order valence-corrected chi connectivity index (χ4v) is 5.15. The van der Waals surface area contributed by atoms with E-state index in [9.17, 15) is 4.79 Å². The SMILES string of the molecule is O=C1OC2=C(Cc3ccccc32)C(c2ccc(Cl)cc2)C12CCCC2. The zero-order valence-electron chi connectivity index (χ0n) is 13.9. The molecule has 0 bridgehead atoms. The summed E-state index contributed by atoms with van der Waals surface area (Å²) in [6.07, 6.45) is 4.87. The van der Waals surface area contributed by atoms with Gasteiger partial charge in [0.2, 0.25) is 0 Å². The number of ether oxygens (including phenoxy) is 1. The van der Waals surface area contributed by atoms with Gasteiger partial charge in [-0.05, 0) is 48.1 Å². The minimum atomic E-state index is -0.408. The zero-order valence-corrected chi connectivity index (χ0v) is 14.7. The summed E-state index contributed by atoms with van der Waals surface area (Å²) in [5, 5.41) is 0.728. The van der Waals surface area contributed by atoms with Crippen molar-refractivity contribution in [1.29, 1.82) is 0 Å². The van der Waals surface area contributed by atoms with Gasteiger partial charge in [0.05, 0.1) is 5.41 Å². The maximum absolute atomic E-state index is 13.1. The number of hydrogen-bond acceptors (Lipinski definition) is 2. The molecule has 1 heterocycles. The van der Waals surface area contributed by atoms with E-state index in [2.05, 4.69) is 30.3 Å². The van der Waals surface area contributed by atoms with Gasteiger partial charge in [0.15, 0.2) is 0 Å². The van der Waals surface area contributed by atoms with E-state index in [0.717, 1.165) is 48.4 Å². The predicted molar refractivity (Wildman–Crippen MR) is 98.3 cm³/mol. The van der Waals surface area contributed by atoms with Crippen LogP contribution in [0, 0.1) is 5.41 Å². The average Bonchev–Trinajstić information content (AvgIpc) is 3.24. The molecule has 1 spiro atoms. The Morgan fingerprint density at radius 3 is 2.48 bits per heavy atom. The lowest BCUT2D eigenvalue weighted by Crippen LogP contribution is -2.40. The van der Waals surface area contributed by atoms with Crippen molar-refractivity contribution in [2.24, 2.45) is 5.41 Å². The number of fused-ring (bicyclic) bond motifs is 2. The lowest BCUT2D eigenvalue weighted by molar-refractivity contribution is -0.150. The third kappa shape index (κ3) is 2.13. The van der Waals surface area contributed by atoms with Crippen molar-refractivity contribution in [1.82, 2.24) is 0 Å². The Hall–Kier alpha value is -2.06. The summed E-state index contributed by atoms with van der Waals surface area (Å²) in [6, 6.07) is 16.3. The highest BCUT2D eigenvalue weighted by molar-refractivity contribution is 6.30. The number of carbonyl (C=O) groups is 1. The van der Waals surface area contributed by atoms with E-state index in [1.54, 1.807) is 0 Å². The summed E-state index contributed by atoms with van der Waals surface area (Å²) in [4.78, 5) is 13.1. The van der Waals surface area contributed by atoms with Crippen LogP contribution in [-0.4, -0.2) is 5.97 Å². The lowest BCUT2D eigenvalue weighted by Gasteiger charge is -2.40. The Morgan fingerprint density at radius 1 is 1.00 bits per heavy atom. The van der Waals surface area contributed by atoms with Crippen molar-refractivity contribution >= 4 is 23.3 Å². The van der Waals surface area contributed by atoms with E-state index < -0.39 is 5.41 Å². The number of esters is 1. The molecule has 3 heteroatoms. The molecule has 0 saturated heterocycles. The van der Waals surface area contributed by atoms with Crippen LogP contribution in [-0.2, 0) is 16.0 Å². The topological polar surface area (TPSA) is 26.3 Å². The molecular weight excluding hydrogens is 332 g/mol. The van der Waals surface area contributed by atoms with Crippen LogP contribution in [0.3, 0.4) is 0 Å². The Labute approximate surface area is 152 Å². The van der Waals surface area contributed by atoms with Gasteiger partial charge in [-0.15, -0.1) is 0 Å². The smallest absolute Gasteiger partial charge is 0.318 e. The van der Waals surface area contributed by atoms with E-state index in [4.69, 9.17) is 16.3 Å². The van der Waals surface area contributed by atoms with E-state index in [0.29, 0.717) is 0 Å². The minimum Gasteiger partial charge on any atom is -0.425 e. The molecule has 2 aromatic rings. The van der Waals surface area contributed by atoms with Crippen LogP contribution in [0.4, 0.5) is 0 Å². The van der Waals surface area contributed by atoms with Crippen molar-refractivity contribution < 1.29 is 9.53 Å². The molecule has 2 nitrogen and oxygen atoms in total. The van der Waals surface area contributed by atoms with E-state index in [1.807, 2.05) is 18.2 Å². The first-order valence-corrected chi connectivity index (χ1v) is 9.36. The minimum absolute atomic E-state index is 0.0413. The first-order valence-electron chi connectivity index (χ1n) is 8.98. The fraction of sp³-hybridized carbons (Fsp3) is 0.318. The summed E-state index contributed by atoms with van der Waals surface area (Å²) in [5.41, 5.74) is 4.38. The average molecular weight is 351 g/mol. The number of allylic oxidation sites excluding steroid dienone is 1. The Bertz CT molecular complexity index is 888. The highest BCUT2D eigenvalue weighted by Gasteiger charge is 2.55. The molecule has 5 rings (SSSR count). The van der Waals surface area contributed by atoms with Crippen molar-refractivity contribution in [2.75, 3.05) is 0 Å².